The molecule has 0 amide bonds. The minimum Gasteiger partial charge on any atom is -0.357 e. The van der Waals surface area contributed by atoms with Gasteiger partial charge in [0, 0.05) is 24.8 Å². The standard InChI is InChI=1S/C16H18N4O/c1-11-9-13(11)16-18-15(19-21-16)12-5-6-14(17-10-12)20-7-3-2-4-8-20/h5-6,10,13H,1-4,7-9H2. The Morgan fingerprint density at radius 2 is 2.00 bits per heavy atom. The Kier molecular flexibility index (Phi) is 2.98. The van der Waals surface area contributed by atoms with Crippen LogP contribution in [-0.4, -0.2) is 28.2 Å². The first kappa shape index (κ1) is 12.6. The topological polar surface area (TPSA) is 55.1 Å². The maximum Gasteiger partial charge on any atom is 0.234 e. The van der Waals surface area contributed by atoms with Gasteiger partial charge in [-0.05, 0) is 37.8 Å². The van der Waals surface area contributed by atoms with Crippen LogP contribution in [0, 0.1) is 0 Å². The summed E-state index contributed by atoms with van der Waals surface area (Å²) in [4.78, 5) is 11.3. The number of aromatic nitrogens is 3. The summed E-state index contributed by atoms with van der Waals surface area (Å²) >= 11 is 0. The lowest BCUT2D eigenvalue weighted by molar-refractivity contribution is 0.382. The molecule has 21 heavy (non-hydrogen) atoms. The molecule has 1 atom stereocenters. The fourth-order valence-electron chi connectivity index (χ4n) is 2.79. The third-order valence-electron chi connectivity index (χ3n) is 4.22. The van der Waals surface area contributed by atoms with Gasteiger partial charge in [0.2, 0.25) is 11.7 Å². The van der Waals surface area contributed by atoms with Crippen molar-refractivity contribution in [2.75, 3.05) is 18.0 Å². The van der Waals surface area contributed by atoms with Crippen molar-refractivity contribution < 1.29 is 4.52 Å². The Hall–Kier alpha value is -2.17. The molecule has 0 bridgehead atoms. The molecule has 0 spiro atoms. The van der Waals surface area contributed by atoms with Crippen LogP contribution >= 0.6 is 0 Å². The number of pyridine rings is 1. The Bertz CT molecular complexity index is 655. The normalized spacial score (nSPS) is 21.6. The van der Waals surface area contributed by atoms with E-state index >= 15 is 0 Å². The molecular weight excluding hydrogens is 264 g/mol. The Morgan fingerprint density at radius 3 is 2.67 bits per heavy atom. The Balaban J connectivity index is 1.52. The summed E-state index contributed by atoms with van der Waals surface area (Å²) in [6, 6.07) is 4.07. The quantitative estimate of drug-likeness (QED) is 0.809. The summed E-state index contributed by atoms with van der Waals surface area (Å²) < 4.78 is 5.30. The van der Waals surface area contributed by atoms with E-state index in [0.717, 1.165) is 30.9 Å². The molecule has 2 aromatic heterocycles. The first-order chi connectivity index (χ1) is 10.3. The van der Waals surface area contributed by atoms with Gasteiger partial charge < -0.3 is 9.42 Å². The molecule has 108 valence electrons. The SMILES string of the molecule is C=C1CC1c1nc(-c2ccc(N3CCCCC3)nc2)no1. The molecule has 2 aliphatic rings. The lowest BCUT2D eigenvalue weighted by Crippen LogP contribution is -2.29. The van der Waals surface area contributed by atoms with Gasteiger partial charge in [0.05, 0.1) is 5.92 Å². The van der Waals surface area contributed by atoms with Crippen LogP contribution in [0.1, 0.15) is 37.5 Å². The zero-order valence-electron chi connectivity index (χ0n) is 12.0. The van der Waals surface area contributed by atoms with Crippen molar-refractivity contribution in [2.24, 2.45) is 0 Å². The van der Waals surface area contributed by atoms with E-state index in [-0.39, 0.29) is 5.92 Å². The fourth-order valence-corrected chi connectivity index (χ4v) is 2.79. The van der Waals surface area contributed by atoms with Gasteiger partial charge in [-0.25, -0.2) is 4.98 Å². The van der Waals surface area contributed by atoms with Crippen LogP contribution in [-0.2, 0) is 0 Å². The number of hydrogen-bond donors (Lipinski definition) is 0. The monoisotopic (exact) mass is 282 g/mol. The second kappa shape index (κ2) is 4.98. The van der Waals surface area contributed by atoms with E-state index in [1.165, 1.54) is 24.8 Å². The smallest absolute Gasteiger partial charge is 0.234 e. The van der Waals surface area contributed by atoms with Crippen LogP contribution in [0.25, 0.3) is 11.4 Å². The molecule has 1 unspecified atom stereocenters. The van der Waals surface area contributed by atoms with Gasteiger partial charge in [-0.15, -0.1) is 0 Å². The zero-order chi connectivity index (χ0) is 14.2. The highest BCUT2D eigenvalue weighted by Gasteiger charge is 2.34. The van der Waals surface area contributed by atoms with E-state index in [4.69, 9.17) is 4.52 Å². The number of allylic oxidation sites excluding steroid dienone is 1. The highest BCUT2D eigenvalue weighted by Crippen LogP contribution is 2.44. The molecule has 1 saturated heterocycles. The van der Waals surface area contributed by atoms with Crippen molar-refractivity contribution in [3.63, 3.8) is 0 Å². The van der Waals surface area contributed by atoms with Gasteiger partial charge in [0.15, 0.2) is 0 Å². The molecule has 0 radical (unpaired) electrons. The third-order valence-corrected chi connectivity index (χ3v) is 4.22. The second-order valence-electron chi connectivity index (χ2n) is 5.82. The maximum absolute atomic E-state index is 5.30. The van der Waals surface area contributed by atoms with E-state index in [1.807, 2.05) is 18.3 Å². The molecule has 0 aromatic carbocycles. The second-order valence-corrected chi connectivity index (χ2v) is 5.82. The number of piperidine rings is 1. The number of nitrogens with zero attached hydrogens (tertiary/aromatic N) is 4. The number of hydrogen-bond acceptors (Lipinski definition) is 5. The van der Waals surface area contributed by atoms with Crippen LogP contribution in [0.5, 0.6) is 0 Å². The van der Waals surface area contributed by atoms with E-state index in [0.29, 0.717) is 11.7 Å². The molecule has 1 saturated carbocycles. The van der Waals surface area contributed by atoms with Crippen LogP contribution in [0.2, 0.25) is 0 Å². The summed E-state index contributed by atoms with van der Waals surface area (Å²) in [5.41, 5.74) is 2.07. The molecule has 2 aromatic rings. The lowest BCUT2D eigenvalue weighted by atomic mass is 10.1. The molecule has 4 rings (SSSR count). The predicted octanol–water partition coefficient (Wildman–Crippen LogP) is 3.17. The first-order valence-corrected chi connectivity index (χ1v) is 7.54. The first-order valence-electron chi connectivity index (χ1n) is 7.54. The molecule has 5 heteroatoms. The average Bonchev–Trinajstić information content (AvgIpc) is 3.08. The van der Waals surface area contributed by atoms with Crippen molar-refractivity contribution >= 4 is 5.82 Å². The minimum absolute atomic E-state index is 0.270. The van der Waals surface area contributed by atoms with E-state index in [2.05, 4.69) is 26.6 Å². The summed E-state index contributed by atoms with van der Waals surface area (Å²) in [5.74, 6) is 2.60. The zero-order valence-corrected chi connectivity index (χ0v) is 12.0. The molecule has 1 aliphatic carbocycles. The predicted molar refractivity (Wildman–Crippen MR) is 80.1 cm³/mol. The van der Waals surface area contributed by atoms with Crippen molar-refractivity contribution in [1.82, 2.24) is 15.1 Å². The molecule has 3 heterocycles. The summed E-state index contributed by atoms with van der Waals surface area (Å²) in [5, 5.41) is 4.04. The van der Waals surface area contributed by atoms with E-state index in [1.54, 1.807) is 0 Å². The van der Waals surface area contributed by atoms with Crippen molar-refractivity contribution in [2.45, 2.75) is 31.6 Å². The van der Waals surface area contributed by atoms with E-state index < -0.39 is 0 Å². The highest BCUT2D eigenvalue weighted by atomic mass is 16.5. The number of anilines is 1. The molecule has 2 fully saturated rings. The molecular formula is C16H18N4O. The van der Waals surface area contributed by atoms with Gasteiger partial charge in [-0.3, -0.25) is 0 Å². The summed E-state index contributed by atoms with van der Waals surface area (Å²) in [6.45, 7) is 6.12. The van der Waals surface area contributed by atoms with Gasteiger partial charge in [-0.1, -0.05) is 17.3 Å². The van der Waals surface area contributed by atoms with Crippen LogP contribution < -0.4 is 4.90 Å². The van der Waals surface area contributed by atoms with Gasteiger partial charge in [-0.2, -0.15) is 4.98 Å². The summed E-state index contributed by atoms with van der Waals surface area (Å²) in [7, 11) is 0. The minimum atomic E-state index is 0.270. The van der Waals surface area contributed by atoms with Crippen LogP contribution in [0.15, 0.2) is 35.0 Å². The Labute approximate surface area is 123 Å². The Morgan fingerprint density at radius 1 is 1.19 bits per heavy atom. The van der Waals surface area contributed by atoms with Crippen molar-refractivity contribution in [3.8, 4) is 11.4 Å². The maximum atomic E-state index is 5.30. The largest absolute Gasteiger partial charge is 0.357 e. The average molecular weight is 282 g/mol. The van der Waals surface area contributed by atoms with Crippen molar-refractivity contribution in [1.29, 1.82) is 0 Å². The molecule has 1 aliphatic heterocycles. The van der Waals surface area contributed by atoms with E-state index in [9.17, 15) is 0 Å². The van der Waals surface area contributed by atoms with Crippen LogP contribution in [0.4, 0.5) is 5.82 Å². The molecule has 5 nitrogen and oxygen atoms in total. The number of rotatable bonds is 3. The molecule has 0 N–H and O–H groups in total. The van der Waals surface area contributed by atoms with Crippen molar-refractivity contribution in [3.05, 3.63) is 36.4 Å². The van der Waals surface area contributed by atoms with Gasteiger partial charge in [0.25, 0.3) is 0 Å². The van der Waals surface area contributed by atoms with Gasteiger partial charge in [0.1, 0.15) is 5.82 Å². The van der Waals surface area contributed by atoms with Gasteiger partial charge >= 0.3 is 0 Å². The third kappa shape index (κ3) is 2.44. The van der Waals surface area contributed by atoms with Crippen LogP contribution in [0.3, 0.4) is 0 Å². The fraction of sp³-hybridized carbons (Fsp3) is 0.438. The highest BCUT2D eigenvalue weighted by molar-refractivity contribution is 5.56. The summed E-state index contributed by atoms with van der Waals surface area (Å²) in [6.07, 6.45) is 6.63. The lowest BCUT2D eigenvalue weighted by Gasteiger charge is -2.27.